The van der Waals surface area contributed by atoms with Gasteiger partial charge in [-0.25, -0.2) is 4.57 Å². The fourth-order valence-electron chi connectivity index (χ4n) is 3.39. The van der Waals surface area contributed by atoms with Crippen LogP contribution in [0.5, 0.6) is 0 Å². The average molecular weight is 524 g/mol. The zero-order valence-corrected chi connectivity index (χ0v) is 24.6. The second-order valence-electron chi connectivity index (χ2n) is 9.70. The minimum absolute atomic E-state index is 0.232. The Morgan fingerprint density at radius 3 is 1.56 bits per heavy atom. The third kappa shape index (κ3) is 21.6. The summed E-state index contributed by atoms with van der Waals surface area (Å²) in [5.41, 5.74) is 6.89. The van der Waals surface area contributed by atoms with Crippen molar-refractivity contribution < 1.29 is 23.3 Å². The Hall–Kier alpha value is -1.72. The summed E-state index contributed by atoms with van der Waals surface area (Å²) >= 11 is 0. The van der Waals surface area contributed by atoms with Crippen LogP contribution in [0.1, 0.15) is 106 Å². The summed E-state index contributed by atoms with van der Waals surface area (Å²) < 4.78 is 20.0. The van der Waals surface area contributed by atoms with Gasteiger partial charge in [0.05, 0.1) is 0 Å². The number of unbranched alkanes of at least 4 members (excludes halogenated alkanes) is 1. The molecule has 0 rings (SSSR count). The predicted molar refractivity (Wildman–Crippen MR) is 152 cm³/mol. The Morgan fingerprint density at radius 2 is 1.11 bits per heavy atom. The SMILES string of the molecule is COP(=O)(O)OCNC(=O)CC/C(C)=C/CC/C(C)=C/CC/C=C(\C)CC/C=C(\C)CCC=C(C)C. The maximum atomic E-state index is 11.8. The van der Waals surface area contributed by atoms with Crippen LogP contribution in [0.15, 0.2) is 58.2 Å². The van der Waals surface area contributed by atoms with Crippen LogP contribution in [0.25, 0.3) is 0 Å². The van der Waals surface area contributed by atoms with Crippen molar-refractivity contribution in [2.75, 3.05) is 13.8 Å². The van der Waals surface area contributed by atoms with Gasteiger partial charge in [0, 0.05) is 13.5 Å². The number of hydrogen-bond acceptors (Lipinski definition) is 4. The van der Waals surface area contributed by atoms with Gasteiger partial charge in [0.2, 0.25) is 5.91 Å². The molecule has 0 aromatic carbocycles. The number of hydrogen-bond donors (Lipinski definition) is 2. The molecule has 0 aliphatic heterocycles. The molecule has 0 aliphatic carbocycles. The van der Waals surface area contributed by atoms with Gasteiger partial charge in [-0.05, 0) is 99.3 Å². The van der Waals surface area contributed by atoms with Gasteiger partial charge in [-0.2, -0.15) is 0 Å². The smallest absolute Gasteiger partial charge is 0.333 e. The maximum Gasteiger partial charge on any atom is 0.473 e. The van der Waals surface area contributed by atoms with Crippen molar-refractivity contribution in [2.45, 2.75) is 106 Å². The number of rotatable bonds is 19. The lowest BCUT2D eigenvalue weighted by molar-refractivity contribution is -0.122. The number of nitrogens with one attached hydrogen (secondary N) is 1. The van der Waals surface area contributed by atoms with Gasteiger partial charge in [0.25, 0.3) is 0 Å². The molecule has 0 saturated heterocycles. The summed E-state index contributed by atoms with van der Waals surface area (Å²) in [5, 5.41) is 2.45. The molecule has 0 aromatic rings. The summed E-state index contributed by atoms with van der Waals surface area (Å²) in [7, 11) is -2.99. The number of phosphoric acid groups is 1. The zero-order valence-electron chi connectivity index (χ0n) is 23.7. The molecule has 0 radical (unpaired) electrons. The summed E-state index contributed by atoms with van der Waals surface area (Å²) in [6.45, 7) is 12.6. The molecule has 0 heterocycles. The molecule has 1 amide bonds. The van der Waals surface area contributed by atoms with E-state index in [1.54, 1.807) is 0 Å². The molecule has 6 nitrogen and oxygen atoms in total. The van der Waals surface area contributed by atoms with Gasteiger partial charge in [0.1, 0.15) is 6.73 Å². The number of carbonyl (C=O) groups excluding carboxylic acids is 1. The molecule has 0 aromatic heterocycles. The van der Waals surface area contributed by atoms with Gasteiger partial charge in [0.15, 0.2) is 0 Å². The fraction of sp³-hybridized carbons (Fsp3) is 0.621. The van der Waals surface area contributed by atoms with E-state index < -0.39 is 7.82 Å². The van der Waals surface area contributed by atoms with Crippen LogP contribution in [-0.4, -0.2) is 24.6 Å². The monoisotopic (exact) mass is 523 g/mol. The van der Waals surface area contributed by atoms with Crippen LogP contribution < -0.4 is 5.32 Å². The summed E-state index contributed by atoms with van der Waals surface area (Å²) in [4.78, 5) is 20.9. The number of phosphoric ester groups is 1. The molecule has 0 saturated carbocycles. The van der Waals surface area contributed by atoms with Crippen molar-refractivity contribution in [3.63, 3.8) is 0 Å². The Morgan fingerprint density at radius 1 is 0.694 bits per heavy atom. The molecular weight excluding hydrogens is 473 g/mol. The summed E-state index contributed by atoms with van der Waals surface area (Å²) in [5.74, 6) is -0.232. The number of carbonyl (C=O) groups is 1. The molecule has 0 aliphatic rings. The van der Waals surface area contributed by atoms with E-state index in [-0.39, 0.29) is 12.6 Å². The van der Waals surface area contributed by atoms with E-state index >= 15 is 0 Å². The lowest BCUT2D eigenvalue weighted by atomic mass is 10.0. The number of amides is 1. The molecule has 1 unspecified atom stereocenters. The van der Waals surface area contributed by atoms with Gasteiger partial charge in [-0.15, -0.1) is 0 Å². The van der Waals surface area contributed by atoms with Gasteiger partial charge >= 0.3 is 7.82 Å². The molecule has 0 spiro atoms. The van der Waals surface area contributed by atoms with E-state index in [0.29, 0.717) is 12.8 Å². The Balaban J connectivity index is 4.09. The van der Waals surface area contributed by atoms with Crippen molar-refractivity contribution in [1.29, 1.82) is 0 Å². The van der Waals surface area contributed by atoms with Crippen LogP contribution in [-0.2, 0) is 18.4 Å². The molecular formula is C29H50NO5P. The molecule has 36 heavy (non-hydrogen) atoms. The van der Waals surface area contributed by atoms with Crippen molar-refractivity contribution in [2.24, 2.45) is 0 Å². The van der Waals surface area contributed by atoms with Gasteiger partial charge in [-0.3, -0.25) is 13.8 Å². The minimum Gasteiger partial charge on any atom is -0.333 e. The third-order valence-electron chi connectivity index (χ3n) is 5.78. The Kier molecular flexibility index (Phi) is 19.4. The lowest BCUT2D eigenvalue weighted by Gasteiger charge is -2.10. The molecule has 206 valence electrons. The van der Waals surface area contributed by atoms with Crippen LogP contribution in [0.4, 0.5) is 0 Å². The number of allylic oxidation sites excluding steroid dienone is 10. The zero-order chi connectivity index (χ0) is 27.4. The highest BCUT2D eigenvalue weighted by Crippen LogP contribution is 2.41. The third-order valence-corrected chi connectivity index (χ3v) is 6.70. The van der Waals surface area contributed by atoms with E-state index in [1.165, 1.54) is 22.3 Å². The van der Waals surface area contributed by atoms with Crippen LogP contribution in [0, 0.1) is 0 Å². The lowest BCUT2D eigenvalue weighted by Crippen LogP contribution is -2.25. The normalized spacial score (nSPS) is 15.0. The van der Waals surface area contributed by atoms with E-state index in [4.69, 9.17) is 4.89 Å². The first-order valence-electron chi connectivity index (χ1n) is 13.0. The van der Waals surface area contributed by atoms with E-state index in [2.05, 4.69) is 79.4 Å². The highest BCUT2D eigenvalue weighted by atomic mass is 31.2. The Labute approximate surface area is 220 Å². The first-order valence-corrected chi connectivity index (χ1v) is 14.5. The predicted octanol–water partition coefficient (Wildman–Crippen LogP) is 8.48. The van der Waals surface area contributed by atoms with E-state index in [0.717, 1.165) is 64.0 Å². The quantitative estimate of drug-likeness (QED) is 0.0767. The standard InChI is InChI=1S/C29H50NO5P/c1-24(2)13-10-16-27(5)19-11-17-25(3)14-8-9-15-26(4)18-12-20-28(6)21-22-29(31)30-23-35-36(32,33)34-7/h13-15,19-20H,8-12,16-18,21-23H2,1-7H3,(H,30,31)(H,32,33)/b25-14+,26-15+,27-19+,28-20+. The van der Waals surface area contributed by atoms with Crippen molar-refractivity contribution in [1.82, 2.24) is 5.32 Å². The second-order valence-corrected chi connectivity index (χ2v) is 11.3. The van der Waals surface area contributed by atoms with Gasteiger partial charge in [-0.1, -0.05) is 58.2 Å². The molecule has 7 heteroatoms. The summed E-state index contributed by atoms with van der Waals surface area (Å²) in [6.07, 6.45) is 21.2. The Bertz CT molecular complexity index is 848. The van der Waals surface area contributed by atoms with Crippen molar-refractivity contribution in [3.8, 4) is 0 Å². The molecule has 0 fully saturated rings. The maximum absolute atomic E-state index is 11.8. The van der Waals surface area contributed by atoms with Crippen molar-refractivity contribution in [3.05, 3.63) is 58.2 Å². The van der Waals surface area contributed by atoms with E-state index in [9.17, 15) is 9.36 Å². The van der Waals surface area contributed by atoms with E-state index in [1.807, 2.05) is 6.92 Å². The minimum atomic E-state index is -4.06. The van der Waals surface area contributed by atoms with Gasteiger partial charge < -0.3 is 10.2 Å². The first kappa shape index (κ1) is 34.3. The summed E-state index contributed by atoms with van der Waals surface area (Å²) in [6, 6.07) is 0. The topological polar surface area (TPSA) is 84.9 Å². The molecule has 1 atom stereocenters. The first-order chi connectivity index (χ1) is 16.9. The highest BCUT2D eigenvalue weighted by Gasteiger charge is 2.18. The average Bonchev–Trinajstić information content (AvgIpc) is 2.80. The van der Waals surface area contributed by atoms with Crippen LogP contribution >= 0.6 is 7.82 Å². The second kappa shape index (κ2) is 20.4. The van der Waals surface area contributed by atoms with Crippen molar-refractivity contribution >= 4 is 13.7 Å². The van der Waals surface area contributed by atoms with Crippen LogP contribution in [0.3, 0.4) is 0 Å². The highest BCUT2D eigenvalue weighted by molar-refractivity contribution is 7.47. The molecule has 2 N–H and O–H groups in total. The molecule has 0 bridgehead atoms. The largest absolute Gasteiger partial charge is 0.473 e. The van der Waals surface area contributed by atoms with Crippen LogP contribution in [0.2, 0.25) is 0 Å². The fourth-order valence-corrected chi connectivity index (χ4v) is 3.73.